The molecule has 0 radical (unpaired) electrons. The summed E-state index contributed by atoms with van der Waals surface area (Å²) in [5, 5.41) is 3.46. The van der Waals surface area contributed by atoms with E-state index in [0.717, 1.165) is 39.3 Å². The van der Waals surface area contributed by atoms with Crippen molar-refractivity contribution in [2.75, 3.05) is 52.2 Å². The number of morpholine rings is 1. The second kappa shape index (κ2) is 6.49. The summed E-state index contributed by atoms with van der Waals surface area (Å²) in [7, 11) is -3.03. The van der Waals surface area contributed by atoms with E-state index in [1.807, 2.05) is 0 Å². The zero-order valence-corrected chi connectivity index (χ0v) is 12.7. The molecule has 6 nitrogen and oxygen atoms in total. The van der Waals surface area contributed by atoms with Crippen LogP contribution in [0.25, 0.3) is 0 Å². The van der Waals surface area contributed by atoms with E-state index < -0.39 is 10.0 Å². The molecule has 0 amide bonds. The molecule has 2 saturated heterocycles. The molecule has 0 spiro atoms. The first kappa shape index (κ1) is 15.2. The second-order valence-electron chi connectivity index (χ2n) is 5.51. The fourth-order valence-electron chi connectivity index (χ4n) is 2.81. The molecule has 0 aromatic heterocycles. The molecule has 19 heavy (non-hydrogen) atoms. The number of hydrogen-bond acceptors (Lipinski definition) is 5. The van der Waals surface area contributed by atoms with Crippen molar-refractivity contribution < 1.29 is 13.2 Å². The average Bonchev–Trinajstić information content (AvgIpc) is 2.39. The summed E-state index contributed by atoms with van der Waals surface area (Å²) in [6.45, 7) is 7.59. The highest BCUT2D eigenvalue weighted by molar-refractivity contribution is 7.88. The Hall–Kier alpha value is -0.210. The van der Waals surface area contributed by atoms with Gasteiger partial charge in [-0.1, -0.05) is 0 Å². The lowest BCUT2D eigenvalue weighted by Crippen LogP contribution is -2.53. The Balaban J connectivity index is 1.77. The van der Waals surface area contributed by atoms with Crippen LogP contribution < -0.4 is 5.32 Å². The lowest BCUT2D eigenvalue weighted by atomic mass is 10.1. The van der Waals surface area contributed by atoms with Gasteiger partial charge in [-0.3, -0.25) is 4.90 Å². The van der Waals surface area contributed by atoms with Crippen molar-refractivity contribution in [2.45, 2.75) is 25.4 Å². The van der Waals surface area contributed by atoms with E-state index in [1.54, 1.807) is 4.31 Å². The van der Waals surface area contributed by atoms with E-state index in [-0.39, 0.29) is 0 Å². The fourth-order valence-corrected chi connectivity index (χ4v) is 3.63. The topological polar surface area (TPSA) is 61.9 Å². The van der Waals surface area contributed by atoms with Gasteiger partial charge in [-0.2, -0.15) is 4.31 Å². The van der Waals surface area contributed by atoms with E-state index in [1.165, 1.54) is 6.26 Å². The SMILES string of the molecule is CC(CC1COCCN1)N1CCN(S(C)(=O)=O)CC1. The van der Waals surface area contributed by atoms with Gasteiger partial charge in [0.2, 0.25) is 10.0 Å². The predicted molar refractivity (Wildman–Crippen MR) is 74.7 cm³/mol. The van der Waals surface area contributed by atoms with Crippen molar-refractivity contribution in [3.63, 3.8) is 0 Å². The van der Waals surface area contributed by atoms with Gasteiger partial charge in [-0.25, -0.2) is 8.42 Å². The smallest absolute Gasteiger partial charge is 0.211 e. The molecule has 0 saturated carbocycles. The van der Waals surface area contributed by atoms with Crippen molar-refractivity contribution >= 4 is 10.0 Å². The molecule has 2 heterocycles. The Morgan fingerprint density at radius 2 is 2.00 bits per heavy atom. The molecule has 2 aliphatic rings. The molecule has 2 unspecified atom stereocenters. The Kier molecular flexibility index (Phi) is 5.19. The summed E-state index contributed by atoms with van der Waals surface area (Å²) in [5.41, 5.74) is 0. The Morgan fingerprint density at radius 3 is 2.53 bits per heavy atom. The molecule has 0 aliphatic carbocycles. The number of nitrogens with zero attached hydrogens (tertiary/aromatic N) is 2. The van der Waals surface area contributed by atoms with Crippen molar-refractivity contribution in [1.82, 2.24) is 14.5 Å². The van der Waals surface area contributed by atoms with E-state index >= 15 is 0 Å². The first-order valence-corrected chi connectivity index (χ1v) is 8.82. The summed E-state index contributed by atoms with van der Waals surface area (Å²) in [5.74, 6) is 0. The lowest BCUT2D eigenvalue weighted by molar-refractivity contribution is 0.0572. The van der Waals surface area contributed by atoms with E-state index in [9.17, 15) is 8.42 Å². The van der Waals surface area contributed by atoms with E-state index in [4.69, 9.17) is 4.74 Å². The van der Waals surface area contributed by atoms with Crippen LogP contribution in [0.3, 0.4) is 0 Å². The van der Waals surface area contributed by atoms with Gasteiger partial charge in [0.15, 0.2) is 0 Å². The third-order valence-electron chi connectivity index (χ3n) is 3.99. The van der Waals surface area contributed by atoms with Crippen LogP contribution in [0.15, 0.2) is 0 Å². The van der Waals surface area contributed by atoms with Gasteiger partial charge in [-0.15, -0.1) is 0 Å². The van der Waals surface area contributed by atoms with Gasteiger partial charge in [0.1, 0.15) is 0 Å². The second-order valence-corrected chi connectivity index (χ2v) is 7.49. The van der Waals surface area contributed by atoms with Crippen molar-refractivity contribution in [2.24, 2.45) is 0 Å². The fraction of sp³-hybridized carbons (Fsp3) is 1.00. The van der Waals surface area contributed by atoms with E-state index in [0.29, 0.717) is 25.2 Å². The molecule has 0 bridgehead atoms. The minimum Gasteiger partial charge on any atom is -0.379 e. The molecule has 0 aromatic carbocycles. The number of sulfonamides is 1. The largest absolute Gasteiger partial charge is 0.379 e. The van der Waals surface area contributed by atoms with Gasteiger partial charge in [0.05, 0.1) is 19.5 Å². The van der Waals surface area contributed by atoms with Crippen molar-refractivity contribution in [1.29, 1.82) is 0 Å². The Bertz CT molecular complexity index is 374. The standard InChI is InChI=1S/C12H25N3O3S/c1-11(9-12-10-18-8-3-13-12)14-4-6-15(7-5-14)19(2,16)17/h11-13H,3-10H2,1-2H3. The molecular weight excluding hydrogens is 266 g/mol. The van der Waals surface area contributed by atoms with Crippen LogP contribution in [0.1, 0.15) is 13.3 Å². The summed E-state index contributed by atoms with van der Waals surface area (Å²) in [6, 6.07) is 0.887. The van der Waals surface area contributed by atoms with Crippen LogP contribution in [0.5, 0.6) is 0 Å². The lowest BCUT2D eigenvalue weighted by Gasteiger charge is -2.38. The number of ether oxygens (including phenoxy) is 1. The highest BCUT2D eigenvalue weighted by Gasteiger charge is 2.27. The van der Waals surface area contributed by atoms with Crippen LogP contribution in [0.2, 0.25) is 0 Å². The normalized spacial score (nSPS) is 29.3. The summed E-state index contributed by atoms with van der Waals surface area (Å²) in [6.07, 6.45) is 2.34. The zero-order valence-electron chi connectivity index (χ0n) is 11.8. The van der Waals surface area contributed by atoms with Crippen molar-refractivity contribution in [3.05, 3.63) is 0 Å². The minimum absolute atomic E-state index is 0.427. The summed E-state index contributed by atoms with van der Waals surface area (Å²) >= 11 is 0. The van der Waals surface area contributed by atoms with Gasteiger partial charge < -0.3 is 10.1 Å². The van der Waals surface area contributed by atoms with Gasteiger partial charge in [0, 0.05) is 44.8 Å². The Morgan fingerprint density at radius 1 is 1.32 bits per heavy atom. The van der Waals surface area contributed by atoms with Crippen LogP contribution in [0, 0.1) is 0 Å². The first-order chi connectivity index (χ1) is 8.97. The van der Waals surface area contributed by atoms with Crippen LogP contribution in [-0.4, -0.2) is 81.9 Å². The molecule has 2 fully saturated rings. The number of nitrogens with one attached hydrogen (secondary N) is 1. The number of hydrogen-bond donors (Lipinski definition) is 1. The Labute approximate surface area is 116 Å². The molecule has 2 atom stereocenters. The molecule has 7 heteroatoms. The molecule has 2 rings (SSSR count). The highest BCUT2D eigenvalue weighted by Crippen LogP contribution is 2.13. The maximum Gasteiger partial charge on any atom is 0.211 e. The quantitative estimate of drug-likeness (QED) is 0.744. The first-order valence-electron chi connectivity index (χ1n) is 6.97. The van der Waals surface area contributed by atoms with Crippen LogP contribution in [-0.2, 0) is 14.8 Å². The van der Waals surface area contributed by atoms with Gasteiger partial charge in [-0.05, 0) is 13.3 Å². The summed E-state index contributed by atoms with van der Waals surface area (Å²) in [4.78, 5) is 2.37. The molecular formula is C12H25N3O3S. The molecule has 0 aromatic rings. The summed E-state index contributed by atoms with van der Waals surface area (Å²) < 4.78 is 30.0. The molecule has 112 valence electrons. The third-order valence-corrected chi connectivity index (χ3v) is 5.29. The molecule has 1 N–H and O–H groups in total. The van der Waals surface area contributed by atoms with Crippen LogP contribution >= 0.6 is 0 Å². The third kappa shape index (κ3) is 4.39. The van der Waals surface area contributed by atoms with Gasteiger partial charge >= 0.3 is 0 Å². The van der Waals surface area contributed by atoms with Gasteiger partial charge in [0.25, 0.3) is 0 Å². The number of rotatable bonds is 4. The van der Waals surface area contributed by atoms with E-state index in [2.05, 4.69) is 17.1 Å². The highest BCUT2D eigenvalue weighted by atomic mass is 32.2. The minimum atomic E-state index is -3.03. The van der Waals surface area contributed by atoms with Crippen molar-refractivity contribution in [3.8, 4) is 0 Å². The average molecular weight is 291 g/mol. The maximum atomic E-state index is 11.5. The monoisotopic (exact) mass is 291 g/mol. The zero-order chi connectivity index (χ0) is 13.9. The molecule has 2 aliphatic heterocycles. The number of piperazine rings is 1. The predicted octanol–water partition coefficient (Wildman–Crippen LogP) is -0.669. The van der Waals surface area contributed by atoms with Crippen LogP contribution in [0.4, 0.5) is 0 Å². The maximum absolute atomic E-state index is 11.5.